The monoisotopic (exact) mass is 446 g/mol. The lowest BCUT2D eigenvalue weighted by Gasteiger charge is -2.16. The molecule has 0 unspecified atom stereocenters. The first-order chi connectivity index (χ1) is 14.8. The van der Waals surface area contributed by atoms with Gasteiger partial charge in [-0.2, -0.15) is 4.98 Å². The summed E-state index contributed by atoms with van der Waals surface area (Å²) in [7, 11) is 0. The van der Waals surface area contributed by atoms with Crippen molar-refractivity contribution in [2.45, 2.75) is 20.0 Å². The number of amides is 2. The number of urea groups is 1. The molecule has 0 bridgehead atoms. The number of aromatic nitrogens is 2. The molecule has 0 saturated carbocycles. The van der Waals surface area contributed by atoms with Crippen molar-refractivity contribution < 1.29 is 18.3 Å². The summed E-state index contributed by atoms with van der Waals surface area (Å²) in [6.07, 6.45) is 0.603. The van der Waals surface area contributed by atoms with Crippen molar-refractivity contribution in [3.05, 3.63) is 80.4 Å². The van der Waals surface area contributed by atoms with E-state index in [4.69, 9.17) is 22.1 Å². The second-order valence-electron chi connectivity index (χ2n) is 7.00. The Labute approximate surface area is 180 Å². The summed E-state index contributed by atoms with van der Waals surface area (Å²) in [5, 5.41) is -0.271. The Morgan fingerprint density at radius 2 is 2.03 bits per heavy atom. The summed E-state index contributed by atoms with van der Waals surface area (Å²) in [6, 6.07) is 7.71. The molecule has 2 amide bonds. The highest BCUT2D eigenvalue weighted by Crippen LogP contribution is 2.30. The third-order valence-corrected chi connectivity index (χ3v) is 5.35. The molecule has 3 aromatic rings. The molecule has 10 heteroatoms. The molecule has 160 valence electrons. The number of anilines is 1. The Morgan fingerprint density at radius 3 is 2.74 bits per heavy atom. The van der Waals surface area contributed by atoms with Crippen LogP contribution in [-0.4, -0.2) is 22.1 Å². The van der Waals surface area contributed by atoms with E-state index in [2.05, 4.69) is 4.98 Å². The molecular weight excluding hydrogens is 430 g/mol. The predicted octanol–water partition coefficient (Wildman–Crippen LogP) is 3.49. The van der Waals surface area contributed by atoms with Gasteiger partial charge in [0.2, 0.25) is 5.88 Å². The van der Waals surface area contributed by atoms with Crippen LogP contribution >= 0.6 is 11.6 Å². The van der Waals surface area contributed by atoms with E-state index in [1.54, 1.807) is 25.1 Å². The van der Waals surface area contributed by atoms with Gasteiger partial charge < -0.3 is 10.5 Å². The van der Waals surface area contributed by atoms with Gasteiger partial charge in [0.05, 0.1) is 5.69 Å². The van der Waals surface area contributed by atoms with Gasteiger partial charge in [-0.1, -0.05) is 11.6 Å². The fourth-order valence-electron chi connectivity index (χ4n) is 3.52. The number of nitrogens with two attached hydrogens (primary N) is 1. The van der Waals surface area contributed by atoms with Crippen LogP contribution in [0.1, 0.15) is 17.0 Å². The van der Waals surface area contributed by atoms with Crippen LogP contribution < -0.4 is 20.9 Å². The number of carbonyl (C=O) groups excluding carboxylic acids is 1. The molecule has 2 N–H and O–H groups in total. The lowest BCUT2D eigenvalue weighted by Crippen LogP contribution is -2.33. The van der Waals surface area contributed by atoms with Crippen LogP contribution in [-0.2, 0) is 13.0 Å². The second-order valence-corrected chi connectivity index (χ2v) is 7.37. The van der Waals surface area contributed by atoms with Crippen LogP contribution in [0.5, 0.6) is 5.88 Å². The molecule has 0 saturated heterocycles. The van der Waals surface area contributed by atoms with Gasteiger partial charge >= 0.3 is 6.03 Å². The molecule has 4 rings (SSSR count). The number of nitrogens with zero attached hydrogens (tertiary/aromatic N) is 3. The van der Waals surface area contributed by atoms with Crippen molar-refractivity contribution in [1.82, 2.24) is 9.55 Å². The number of carbonyl (C=O) groups is 1. The summed E-state index contributed by atoms with van der Waals surface area (Å²) < 4.78 is 33.6. The fraction of sp³-hybridized carbons (Fsp3) is 0.190. The summed E-state index contributed by atoms with van der Waals surface area (Å²) >= 11 is 6.19. The molecule has 0 radical (unpaired) electrons. The zero-order valence-corrected chi connectivity index (χ0v) is 17.1. The summed E-state index contributed by atoms with van der Waals surface area (Å²) in [5.41, 5.74) is 7.01. The highest BCUT2D eigenvalue weighted by Gasteiger charge is 2.24. The molecular formula is C21H17ClF2N4O3. The highest BCUT2D eigenvalue weighted by atomic mass is 35.5. The standard InChI is InChI=1S/C21H17ClF2N4O3/c1-11-26-19(31-10-13-2-3-14(23)9-16(13)24)18(22)20(29)28(11)15-4-5-17-12(8-15)6-7-27(17)21(25)30/h2-5,8-9H,6-7,10H2,1H3,(H2,25,30). The van der Waals surface area contributed by atoms with Gasteiger partial charge in [0, 0.05) is 23.9 Å². The molecule has 1 aliphatic heterocycles. The molecule has 7 nitrogen and oxygen atoms in total. The normalized spacial score (nSPS) is 12.7. The van der Waals surface area contributed by atoms with Gasteiger partial charge in [-0.05, 0) is 49.2 Å². The van der Waals surface area contributed by atoms with Crippen molar-refractivity contribution in [2.75, 3.05) is 11.4 Å². The van der Waals surface area contributed by atoms with E-state index in [9.17, 15) is 18.4 Å². The van der Waals surface area contributed by atoms with Crippen molar-refractivity contribution >= 4 is 23.3 Å². The van der Waals surface area contributed by atoms with Crippen molar-refractivity contribution in [3.8, 4) is 11.6 Å². The molecule has 0 aliphatic carbocycles. The molecule has 2 aromatic carbocycles. The lowest BCUT2D eigenvalue weighted by molar-refractivity contribution is 0.254. The number of benzene rings is 2. The van der Waals surface area contributed by atoms with E-state index >= 15 is 0 Å². The first kappa shape index (κ1) is 20.8. The van der Waals surface area contributed by atoms with Gasteiger partial charge in [-0.3, -0.25) is 14.3 Å². The van der Waals surface area contributed by atoms with Crippen LogP contribution in [0.2, 0.25) is 5.02 Å². The van der Waals surface area contributed by atoms with Crippen LogP contribution in [0.4, 0.5) is 19.3 Å². The Kier molecular flexibility index (Phi) is 5.36. The first-order valence-electron chi connectivity index (χ1n) is 9.32. The van der Waals surface area contributed by atoms with Crippen molar-refractivity contribution in [3.63, 3.8) is 0 Å². The van der Waals surface area contributed by atoms with E-state index in [1.807, 2.05) is 0 Å². The third-order valence-electron chi connectivity index (χ3n) is 5.03. The number of primary amides is 1. The molecule has 0 atom stereocenters. The molecule has 1 aliphatic rings. The fourth-order valence-corrected chi connectivity index (χ4v) is 3.70. The topological polar surface area (TPSA) is 90.4 Å². The first-order valence-corrected chi connectivity index (χ1v) is 9.70. The van der Waals surface area contributed by atoms with Crippen molar-refractivity contribution in [2.24, 2.45) is 5.73 Å². The van der Waals surface area contributed by atoms with E-state index in [1.165, 1.54) is 15.5 Å². The number of rotatable bonds is 4. The largest absolute Gasteiger partial charge is 0.471 e. The predicted molar refractivity (Wildman–Crippen MR) is 111 cm³/mol. The molecule has 0 fully saturated rings. The van der Waals surface area contributed by atoms with Gasteiger partial charge in [-0.25, -0.2) is 13.6 Å². The molecule has 0 spiro atoms. The average Bonchev–Trinajstić information content (AvgIpc) is 3.14. The third kappa shape index (κ3) is 3.84. The number of fused-ring (bicyclic) bond motifs is 1. The van der Waals surface area contributed by atoms with E-state index in [0.717, 1.165) is 17.7 Å². The van der Waals surface area contributed by atoms with Crippen molar-refractivity contribution in [1.29, 1.82) is 0 Å². The minimum absolute atomic E-state index is 0.0960. The smallest absolute Gasteiger partial charge is 0.319 e. The van der Waals surface area contributed by atoms with Crippen LogP contribution in [0, 0.1) is 18.6 Å². The van der Waals surface area contributed by atoms with E-state index < -0.39 is 23.2 Å². The second kappa shape index (κ2) is 7.99. The number of aryl methyl sites for hydroxylation is 1. The Morgan fingerprint density at radius 1 is 1.26 bits per heavy atom. The zero-order valence-electron chi connectivity index (χ0n) is 16.4. The minimum Gasteiger partial charge on any atom is -0.471 e. The van der Waals surface area contributed by atoms with Crippen LogP contribution in [0.25, 0.3) is 5.69 Å². The maximum absolute atomic E-state index is 13.8. The number of halogens is 3. The van der Waals surface area contributed by atoms with E-state index in [0.29, 0.717) is 30.2 Å². The number of hydrogen-bond donors (Lipinski definition) is 1. The summed E-state index contributed by atoms with van der Waals surface area (Å²) in [6.45, 7) is 1.79. The molecule has 31 heavy (non-hydrogen) atoms. The maximum Gasteiger partial charge on any atom is 0.319 e. The van der Waals surface area contributed by atoms with Gasteiger partial charge in [0.25, 0.3) is 5.56 Å². The zero-order chi connectivity index (χ0) is 22.3. The Bertz CT molecular complexity index is 1260. The quantitative estimate of drug-likeness (QED) is 0.664. The molecule has 2 heterocycles. The Balaban J connectivity index is 1.65. The van der Waals surface area contributed by atoms with Crippen LogP contribution in [0.3, 0.4) is 0 Å². The minimum atomic E-state index is -0.774. The lowest BCUT2D eigenvalue weighted by atomic mass is 10.1. The van der Waals surface area contributed by atoms with Crippen LogP contribution in [0.15, 0.2) is 41.2 Å². The number of hydrogen-bond acceptors (Lipinski definition) is 4. The van der Waals surface area contributed by atoms with Gasteiger partial charge in [0.15, 0.2) is 5.02 Å². The summed E-state index contributed by atoms with van der Waals surface area (Å²) in [5.74, 6) is -1.33. The summed E-state index contributed by atoms with van der Waals surface area (Å²) in [4.78, 5) is 30.1. The van der Waals surface area contributed by atoms with E-state index in [-0.39, 0.29) is 23.1 Å². The van der Waals surface area contributed by atoms with Gasteiger partial charge in [-0.15, -0.1) is 0 Å². The number of ether oxygens (including phenoxy) is 1. The SMILES string of the molecule is Cc1nc(OCc2ccc(F)cc2F)c(Cl)c(=O)n1-c1ccc2c(c1)CCN2C(N)=O. The average molecular weight is 447 g/mol. The highest BCUT2D eigenvalue weighted by molar-refractivity contribution is 6.31. The molecule has 1 aromatic heterocycles. The van der Waals surface area contributed by atoms with Gasteiger partial charge in [0.1, 0.15) is 24.1 Å². The Hall–Kier alpha value is -3.46. The maximum atomic E-state index is 13.8.